The predicted octanol–water partition coefficient (Wildman–Crippen LogP) is 3.96. The number of fused-ring (bicyclic) bond motifs is 1. The van der Waals surface area contributed by atoms with Gasteiger partial charge in [-0.25, -0.2) is 9.78 Å². The molecule has 0 radical (unpaired) electrons. The molecule has 3 heterocycles. The fourth-order valence-corrected chi connectivity index (χ4v) is 3.80. The fraction of sp³-hybridized carbons (Fsp3) is 0.125. The summed E-state index contributed by atoms with van der Waals surface area (Å²) in [6.07, 6.45) is 0.993. The monoisotopic (exact) mass is 343 g/mol. The number of H-pyrrole nitrogens is 1. The molecule has 0 amide bonds. The van der Waals surface area contributed by atoms with Crippen molar-refractivity contribution in [3.63, 3.8) is 0 Å². The lowest BCUT2D eigenvalue weighted by molar-refractivity contribution is 0.555. The van der Waals surface area contributed by atoms with Gasteiger partial charge in [0.15, 0.2) is 10.7 Å². The summed E-state index contributed by atoms with van der Waals surface area (Å²) in [5.74, 6) is -0.439. The van der Waals surface area contributed by atoms with Crippen LogP contribution in [0.25, 0.3) is 22.4 Å². The number of nitrogens with zero attached hydrogens (tertiary/aromatic N) is 1. The Morgan fingerprint density at radius 2 is 2.22 bits per heavy atom. The van der Waals surface area contributed by atoms with E-state index in [1.165, 1.54) is 4.88 Å². The molecule has 1 aromatic carbocycles. The van der Waals surface area contributed by atoms with Gasteiger partial charge in [0, 0.05) is 22.4 Å². The van der Waals surface area contributed by atoms with Gasteiger partial charge < -0.3 is 9.73 Å². The van der Waals surface area contributed by atoms with Gasteiger partial charge >= 0.3 is 5.76 Å². The lowest BCUT2D eigenvalue weighted by Crippen LogP contribution is -2.03. The van der Waals surface area contributed by atoms with Crippen LogP contribution in [-0.2, 0) is 6.42 Å². The summed E-state index contributed by atoms with van der Waals surface area (Å²) in [5.41, 5.74) is 3.05. The van der Waals surface area contributed by atoms with Crippen LogP contribution in [0.15, 0.2) is 50.3 Å². The molecule has 3 aromatic heterocycles. The maximum Gasteiger partial charge on any atom is 0.417 e. The summed E-state index contributed by atoms with van der Waals surface area (Å²) in [7, 11) is 0. The molecule has 4 aromatic rings. The molecule has 0 unspecified atom stereocenters. The highest BCUT2D eigenvalue weighted by Gasteiger charge is 2.08. The van der Waals surface area contributed by atoms with Gasteiger partial charge in [0.1, 0.15) is 0 Å². The molecule has 0 spiro atoms. The van der Waals surface area contributed by atoms with Crippen molar-refractivity contribution in [3.05, 3.63) is 56.5 Å². The molecule has 0 aliphatic carbocycles. The van der Waals surface area contributed by atoms with Gasteiger partial charge in [0.25, 0.3) is 0 Å². The van der Waals surface area contributed by atoms with Gasteiger partial charge in [-0.05, 0) is 30.0 Å². The van der Waals surface area contributed by atoms with E-state index >= 15 is 0 Å². The van der Waals surface area contributed by atoms with Crippen LogP contribution in [0.3, 0.4) is 0 Å². The van der Waals surface area contributed by atoms with Crippen molar-refractivity contribution < 1.29 is 4.42 Å². The number of anilines is 1. The van der Waals surface area contributed by atoms with Crippen LogP contribution in [0, 0.1) is 0 Å². The summed E-state index contributed by atoms with van der Waals surface area (Å²) in [5, 5.41) is 8.33. The Morgan fingerprint density at radius 1 is 1.26 bits per heavy atom. The van der Waals surface area contributed by atoms with Crippen LogP contribution in [0.2, 0.25) is 0 Å². The van der Waals surface area contributed by atoms with E-state index in [2.05, 4.69) is 32.8 Å². The molecule has 116 valence electrons. The Kier molecular flexibility index (Phi) is 3.72. The van der Waals surface area contributed by atoms with Crippen LogP contribution in [-0.4, -0.2) is 16.5 Å². The summed E-state index contributed by atoms with van der Waals surface area (Å²) >= 11 is 3.34. The summed E-state index contributed by atoms with van der Waals surface area (Å²) in [4.78, 5) is 19.8. The zero-order valence-electron chi connectivity index (χ0n) is 12.0. The second-order valence-electron chi connectivity index (χ2n) is 5.02. The Bertz CT molecular complexity index is 982. The van der Waals surface area contributed by atoms with E-state index in [1.807, 2.05) is 23.6 Å². The first-order valence-electron chi connectivity index (χ1n) is 7.13. The summed E-state index contributed by atoms with van der Waals surface area (Å²) < 4.78 is 5.09. The van der Waals surface area contributed by atoms with E-state index in [9.17, 15) is 4.79 Å². The minimum atomic E-state index is -0.439. The quantitative estimate of drug-likeness (QED) is 0.575. The lowest BCUT2D eigenvalue weighted by atomic mass is 10.1. The Morgan fingerprint density at radius 3 is 3.09 bits per heavy atom. The van der Waals surface area contributed by atoms with Gasteiger partial charge in [-0.3, -0.25) is 4.98 Å². The van der Waals surface area contributed by atoms with Gasteiger partial charge in [-0.2, -0.15) is 0 Å². The molecule has 5 nitrogen and oxygen atoms in total. The second kappa shape index (κ2) is 6.02. The molecule has 0 aliphatic rings. The zero-order valence-corrected chi connectivity index (χ0v) is 13.7. The molecule has 0 saturated carbocycles. The van der Waals surface area contributed by atoms with Gasteiger partial charge in [-0.1, -0.05) is 12.1 Å². The maximum absolute atomic E-state index is 11.2. The third-order valence-electron chi connectivity index (χ3n) is 3.45. The summed E-state index contributed by atoms with van der Waals surface area (Å²) in [6.45, 7) is 0.860. The highest BCUT2D eigenvalue weighted by atomic mass is 32.1. The molecule has 0 saturated heterocycles. The number of hydrogen-bond donors (Lipinski definition) is 2. The number of nitrogens with one attached hydrogen (secondary N) is 2. The molecule has 4 rings (SSSR count). The SMILES string of the molecule is O=c1[nH]c2ccc(-c3csc(NCCc4cccs4)n3)cc2o1. The normalized spacial score (nSPS) is 11.1. The molecular formula is C16H13N3O2S2. The van der Waals surface area contributed by atoms with E-state index in [0.29, 0.717) is 11.1 Å². The van der Waals surface area contributed by atoms with E-state index in [4.69, 9.17) is 4.42 Å². The van der Waals surface area contributed by atoms with Crippen molar-refractivity contribution in [2.75, 3.05) is 11.9 Å². The first kappa shape index (κ1) is 14.2. The lowest BCUT2D eigenvalue weighted by Gasteiger charge is -2.00. The van der Waals surface area contributed by atoms with E-state index in [-0.39, 0.29) is 0 Å². The standard InChI is InChI=1S/C16H13N3O2S2/c20-16-19-12-4-3-10(8-14(12)21-16)13-9-23-15(18-13)17-6-5-11-2-1-7-22-11/h1-4,7-9H,5-6H2,(H,17,18)(H,19,20). The number of oxazole rings is 1. The van der Waals surface area contributed by atoms with Crippen molar-refractivity contribution in [3.8, 4) is 11.3 Å². The first-order valence-corrected chi connectivity index (χ1v) is 8.89. The Labute approximate surface area is 139 Å². The zero-order chi connectivity index (χ0) is 15.6. The Hall–Kier alpha value is -2.38. The third-order valence-corrected chi connectivity index (χ3v) is 5.18. The third kappa shape index (κ3) is 3.06. The number of hydrogen-bond acceptors (Lipinski definition) is 6. The van der Waals surface area contributed by atoms with E-state index in [0.717, 1.165) is 29.4 Å². The molecule has 23 heavy (non-hydrogen) atoms. The minimum Gasteiger partial charge on any atom is -0.408 e. The second-order valence-corrected chi connectivity index (χ2v) is 6.91. The van der Waals surface area contributed by atoms with E-state index < -0.39 is 5.76 Å². The Balaban J connectivity index is 1.48. The highest BCUT2D eigenvalue weighted by molar-refractivity contribution is 7.14. The molecule has 7 heteroatoms. The number of rotatable bonds is 5. The van der Waals surface area contributed by atoms with Crippen molar-refractivity contribution in [2.45, 2.75) is 6.42 Å². The van der Waals surface area contributed by atoms with Gasteiger partial charge in [-0.15, -0.1) is 22.7 Å². The number of thiophene rings is 1. The number of thiazole rings is 1. The van der Waals surface area contributed by atoms with Gasteiger partial charge in [0.05, 0.1) is 11.2 Å². The number of benzene rings is 1. The number of aromatic amines is 1. The van der Waals surface area contributed by atoms with Crippen LogP contribution < -0.4 is 11.1 Å². The summed E-state index contributed by atoms with van der Waals surface area (Å²) in [6, 6.07) is 9.80. The molecule has 0 atom stereocenters. The van der Waals surface area contributed by atoms with Crippen LogP contribution >= 0.6 is 22.7 Å². The van der Waals surface area contributed by atoms with Crippen molar-refractivity contribution in [2.24, 2.45) is 0 Å². The molecule has 0 bridgehead atoms. The van der Waals surface area contributed by atoms with Crippen molar-refractivity contribution in [1.29, 1.82) is 0 Å². The predicted molar refractivity (Wildman–Crippen MR) is 94.5 cm³/mol. The van der Waals surface area contributed by atoms with Crippen LogP contribution in [0.5, 0.6) is 0 Å². The van der Waals surface area contributed by atoms with Crippen molar-refractivity contribution >= 4 is 38.9 Å². The van der Waals surface area contributed by atoms with Crippen LogP contribution in [0.4, 0.5) is 5.13 Å². The molecule has 0 aliphatic heterocycles. The molecule has 0 fully saturated rings. The van der Waals surface area contributed by atoms with Crippen LogP contribution in [0.1, 0.15) is 4.88 Å². The highest BCUT2D eigenvalue weighted by Crippen LogP contribution is 2.27. The molecule has 2 N–H and O–H groups in total. The smallest absolute Gasteiger partial charge is 0.408 e. The minimum absolute atomic E-state index is 0.439. The van der Waals surface area contributed by atoms with Crippen molar-refractivity contribution in [1.82, 2.24) is 9.97 Å². The average Bonchev–Trinajstić information content (AvgIpc) is 3.25. The molecular weight excluding hydrogens is 330 g/mol. The topological polar surface area (TPSA) is 70.9 Å². The van der Waals surface area contributed by atoms with Gasteiger partial charge in [0.2, 0.25) is 0 Å². The fourth-order valence-electron chi connectivity index (χ4n) is 2.34. The largest absolute Gasteiger partial charge is 0.417 e. The maximum atomic E-state index is 11.2. The van der Waals surface area contributed by atoms with E-state index in [1.54, 1.807) is 22.7 Å². The first-order chi connectivity index (χ1) is 11.3. The number of aromatic nitrogens is 2. The average molecular weight is 343 g/mol.